The lowest BCUT2D eigenvalue weighted by Gasteiger charge is -2.33. The highest BCUT2D eigenvalue weighted by Gasteiger charge is 2.24. The van der Waals surface area contributed by atoms with Crippen molar-refractivity contribution in [1.82, 2.24) is 4.90 Å². The van der Waals surface area contributed by atoms with Gasteiger partial charge in [-0.05, 0) is 66.9 Å². The van der Waals surface area contributed by atoms with Gasteiger partial charge in [0.2, 0.25) is 0 Å². The van der Waals surface area contributed by atoms with Crippen molar-refractivity contribution < 1.29 is 8.78 Å². The molecule has 1 aliphatic heterocycles. The van der Waals surface area contributed by atoms with Gasteiger partial charge in [-0.1, -0.05) is 27.7 Å². The van der Waals surface area contributed by atoms with E-state index < -0.39 is 0 Å². The van der Waals surface area contributed by atoms with E-state index in [1.54, 1.807) is 0 Å². The van der Waals surface area contributed by atoms with E-state index in [1.165, 1.54) is 12.1 Å². The van der Waals surface area contributed by atoms with Crippen LogP contribution in [0.25, 0.3) is 0 Å². The van der Waals surface area contributed by atoms with Crippen molar-refractivity contribution in [3.8, 4) is 0 Å². The normalized spacial score (nSPS) is 17.9. The number of likely N-dealkylation sites (tertiary alicyclic amines) is 1. The van der Waals surface area contributed by atoms with Crippen molar-refractivity contribution in [2.45, 2.75) is 52.4 Å². The summed E-state index contributed by atoms with van der Waals surface area (Å²) in [5.74, 6) is 0.333. The number of rotatable bonds is 4. The second-order valence-electron chi connectivity index (χ2n) is 7.02. The number of hydrogen-bond acceptors (Lipinski definition) is 1. The summed E-state index contributed by atoms with van der Waals surface area (Å²) in [6.07, 6.45) is 1.84. The van der Waals surface area contributed by atoms with Gasteiger partial charge in [0.05, 0.1) is 0 Å². The summed E-state index contributed by atoms with van der Waals surface area (Å²) in [5, 5.41) is 0. The molecule has 1 aromatic rings. The topological polar surface area (TPSA) is 3.24 Å². The van der Waals surface area contributed by atoms with E-state index in [9.17, 15) is 8.78 Å². The predicted molar refractivity (Wildman–Crippen MR) is 83.7 cm³/mol. The Kier molecular flexibility index (Phi) is 5.37. The zero-order valence-corrected chi connectivity index (χ0v) is 13.6. The number of piperidine rings is 1. The Morgan fingerprint density at radius 3 is 2.19 bits per heavy atom. The third-order valence-corrected chi connectivity index (χ3v) is 4.39. The van der Waals surface area contributed by atoms with Crippen LogP contribution in [0.3, 0.4) is 0 Å². The number of benzene rings is 1. The number of nitrogens with zero attached hydrogens (tertiary/aromatic N) is 1. The monoisotopic (exact) mass is 295 g/mol. The largest absolute Gasteiger partial charge is 0.303 e. The fraction of sp³-hybridized carbons (Fsp3) is 0.667. The molecule has 0 unspecified atom stereocenters. The fourth-order valence-electron chi connectivity index (χ4n) is 3.28. The minimum absolute atomic E-state index is 0.0152. The van der Waals surface area contributed by atoms with Crippen LogP contribution in [-0.4, -0.2) is 24.5 Å². The molecule has 0 radical (unpaired) electrons. The Labute approximate surface area is 127 Å². The maximum atomic E-state index is 14.3. The molecule has 21 heavy (non-hydrogen) atoms. The molecule has 1 aliphatic rings. The SMILES string of the molecule is CC(C)CN1CCC(c2cc(F)c(C(C)C)cc2F)CC1. The summed E-state index contributed by atoms with van der Waals surface area (Å²) in [6, 6.07) is 2.84. The maximum absolute atomic E-state index is 14.3. The van der Waals surface area contributed by atoms with Crippen LogP contribution >= 0.6 is 0 Å². The van der Waals surface area contributed by atoms with Crippen LogP contribution in [0.2, 0.25) is 0 Å². The summed E-state index contributed by atoms with van der Waals surface area (Å²) in [4.78, 5) is 2.43. The minimum Gasteiger partial charge on any atom is -0.303 e. The molecule has 0 atom stereocenters. The van der Waals surface area contributed by atoms with Gasteiger partial charge in [0.1, 0.15) is 11.6 Å². The van der Waals surface area contributed by atoms with E-state index in [4.69, 9.17) is 0 Å². The lowest BCUT2D eigenvalue weighted by molar-refractivity contribution is 0.190. The van der Waals surface area contributed by atoms with E-state index in [0.29, 0.717) is 17.0 Å². The van der Waals surface area contributed by atoms with Crippen LogP contribution in [0.15, 0.2) is 12.1 Å². The van der Waals surface area contributed by atoms with E-state index in [0.717, 1.165) is 32.5 Å². The van der Waals surface area contributed by atoms with Crippen LogP contribution in [0.4, 0.5) is 8.78 Å². The van der Waals surface area contributed by atoms with Crippen molar-refractivity contribution in [3.63, 3.8) is 0 Å². The molecule has 2 rings (SSSR count). The molecular formula is C18H27F2N. The molecule has 1 heterocycles. The Morgan fingerprint density at radius 2 is 1.67 bits per heavy atom. The van der Waals surface area contributed by atoms with Gasteiger partial charge in [0.25, 0.3) is 0 Å². The Hall–Kier alpha value is -0.960. The third-order valence-electron chi connectivity index (χ3n) is 4.39. The molecule has 0 bridgehead atoms. The highest BCUT2D eigenvalue weighted by Crippen LogP contribution is 2.32. The second-order valence-corrected chi connectivity index (χ2v) is 7.02. The molecular weight excluding hydrogens is 268 g/mol. The summed E-state index contributed by atoms with van der Waals surface area (Å²) in [7, 11) is 0. The predicted octanol–water partition coefficient (Wildman–Crippen LogP) is 4.92. The first-order valence-corrected chi connectivity index (χ1v) is 8.09. The van der Waals surface area contributed by atoms with Crippen molar-refractivity contribution in [1.29, 1.82) is 0 Å². The lowest BCUT2D eigenvalue weighted by atomic mass is 9.87. The summed E-state index contributed by atoms with van der Waals surface area (Å²) < 4.78 is 28.4. The lowest BCUT2D eigenvalue weighted by Crippen LogP contribution is -2.35. The quantitative estimate of drug-likeness (QED) is 0.762. The van der Waals surface area contributed by atoms with E-state index in [2.05, 4.69) is 18.7 Å². The highest BCUT2D eigenvalue weighted by molar-refractivity contribution is 5.30. The van der Waals surface area contributed by atoms with Gasteiger partial charge in [0, 0.05) is 6.54 Å². The first-order valence-electron chi connectivity index (χ1n) is 8.09. The number of halogens is 2. The number of hydrogen-bond donors (Lipinski definition) is 0. The molecule has 1 saturated heterocycles. The summed E-state index contributed by atoms with van der Waals surface area (Å²) in [6.45, 7) is 11.3. The minimum atomic E-state index is -0.258. The second kappa shape index (κ2) is 6.87. The molecule has 3 heteroatoms. The third kappa shape index (κ3) is 4.03. The first-order chi connectivity index (χ1) is 9.88. The Balaban J connectivity index is 2.08. The zero-order chi connectivity index (χ0) is 15.6. The average molecular weight is 295 g/mol. The van der Waals surface area contributed by atoms with Gasteiger partial charge in [-0.25, -0.2) is 8.78 Å². The zero-order valence-electron chi connectivity index (χ0n) is 13.6. The van der Waals surface area contributed by atoms with Gasteiger partial charge < -0.3 is 4.90 Å². The molecule has 1 nitrogen and oxygen atoms in total. The van der Waals surface area contributed by atoms with E-state index in [-0.39, 0.29) is 23.5 Å². The van der Waals surface area contributed by atoms with Gasteiger partial charge in [-0.15, -0.1) is 0 Å². The van der Waals surface area contributed by atoms with Gasteiger partial charge in [-0.3, -0.25) is 0 Å². The molecule has 0 aliphatic carbocycles. The molecule has 0 saturated carbocycles. The molecule has 1 fully saturated rings. The maximum Gasteiger partial charge on any atom is 0.127 e. The molecule has 0 spiro atoms. The highest BCUT2D eigenvalue weighted by atomic mass is 19.1. The molecule has 0 amide bonds. The van der Waals surface area contributed by atoms with Crippen molar-refractivity contribution >= 4 is 0 Å². The van der Waals surface area contributed by atoms with Crippen LogP contribution in [0.5, 0.6) is 0 Å². The molecule has 1 aromatic carbocycles. The van der Waals surface area contributed by atoms with Gasteiger partial charge >= 0.3 is 0 Å². The van der Waals surface area contributed by atoms with Crippen LogP contribution in [-0.2, 0) is 0 Å². The van der Waals surface area contributed by atoms with Crippen LogP contribution in [0, 0.1) is 17.6 Å². The average Bonchev–Trinajstić information content (AvgIpc) is 2.41. The molecule has 0 N–H and O–H groups in total. The van der Waals surface area contributed by atoms with Crippen LogP contribution < -0.4 is 0 Å². The van der Waals surface area contributed by atoms with E-state index in [1.807, 2.05) is 13.8 Å². The van der Waals surface area contributed by atoms with Crippen molar-refractivity contribution in [3.05, 3.63) is 34.9 Å². The van der Waals surface area contributed by atoms with Crippen molar-refractivity contribution in [2.24, 2.45) is 5.92 Å². The van der Waals surface area contributed by atoms with Crippen molar-refractivity contribution in [2.75, 3.05) is 19.6 Å². The smallest absolute Gasteiger partial charge is 0.127 e. The molecule has 0 aromatic heterocycles. The Morgan fingerprint density at radius 1 is 1.05 bits per heavy atom. The van der Waals surface area contributed by atoms with Gasteiger partial charge in [0.15, 0.2) is 0 Å². The first kappa shape index (κ1) is 16.4. The Bertz CT molecular complexity index is 474. The standard InChI is InChI=1S/C18H27F2N/c1-12(2)11-21-7-5-14(6-8-21)16-10-17(19)15(13(3)4)9-18(16)20/h9-10,12-14H,5-8,11H2,1-4H3. The summed E-state index contributed by atoms with van der Waals surface area (Å²) in [5.41, 5.74) is 1.05. The summed E-state index contributed by atoms with van der Waals surface area (Å²) >= 11 is 0. The molecule has 118 valence electrons. The van der Waals surface area contributed by atoms with Gasteiger partial charge in [-0.2, -0.15) is 0 Å². The fourth-order valence-corrected chi connectivity index (χ4v) is 3.28. The van der Waals surface area contributed by atoms with E-state index >= 15 is 0 Å². The van der Waals surface area contributed by atoms with Crippen LogP contribution in [0.1, 0.15) is 63.5 Å².